The zero-order valence-electron chi connectivity index (χ0n) is 16.8. The number of hydrogen-bond acceptors (Lipinski definition) is 4. The number of rotatable bonds is 5. The first-order valence-electron chi connectivity index (χ1n) is 10.2. The van der Waals surface area contributed by atoms with Crippen molar-refractivity contribution in [1.29, 1.82) is 0 Å². The van der Waals surface area contributed by atoms with E-state index in [1.54, 1.807) is 7.05 Å². The number of carbonyl (C=O) groups is 2. The predicted molar refractivity (Wildman–Crippen MR) is 119 cm³/mol. The Hall–Kier alpha value is -1.16. The highest BCUT2D eigenvalue weighted by atomic mass is 127. The van der Waals surface area contributed by atoms with Crippen LogP contribution < -0.4 is 10.6 Å². The van der Waals surface area contributed by atoms with Crippen LogP contribution in [0.15, 0.2) is 17.1 Å². The minimum Gasteiger partial charge on any atom is -0.356 e. The number of likely N-dealkylation sites (tertiary alicyclic amines) is 2. The molecule has 3 fully saturated rings. The average molecular weight is 501 g/mol. The molecule has 2 bridgehead atoms. The Morgan fingerprint density at radius 1 is 1.11 bits per heavy atom. The molecular weight excluding hydrogens is 469 g/mol. The van der Waals surface area contributed by atoms with Gasteiger partial charge in [0.25, 0.3) is 0 Å². The number of nitrogens with zero attached hydrogens (tertiary/aromatic N) is 3. The van der Waals surface area contributed by atoms with Gasteiger partial charge in [-0.25, -0.2) is 0 Å². The molecule has 0 aromatic carbocycles. The van der Waals surface area contributed by atoms with Crippen molar-refractivity contribution in [3.8, 4) is 0 Å². The number of allylic oxidation sites excluding steroid dienone is 2. The van der Waals surface area contributed by atoms with Gasteiger partial charge < -0.3 is 15.5 Å². The molecule has 4 unspecified atom stereocenters. The van der Waals surface area contributed by atoms with E-state index in [1.165, 1.54) is 17.7 Å². The molecular formula is C20H32IN5O2. The van der Waals surface area contributed by atoms with E-state index in [4.69, 9.17) is 0 Å². The molecule has 156 valence electrons. The molecule has 8 heteroatoms. The van der Waals surface area contributed by atoms with E-state index >= 15 is 0 Å². The molecule has 2 aliphatic carbocycles. The van der Waals surface area contributed by atoms with Crippen molar-refractivity contribution in [2.24, 2.45) is 34.6 Å². The van der Waals surface area contributed by atoms with Crippen LogP contribution in [0.5, 0.6) is 0 Å². The van der Waals surface area contributed by atoms with Gasteiger partial charge in [-0.2, -0.15) is 0 Å². The Morgan fingerprint density at radius 2 is 1.71 bits per heavy atom. The molecule has 2 N–H and O–H groups in total. The quantitative estimate of drug-likeness (QED) is 0.193. The van der Waals surface area contributed by atoms with Crippen LogP contribution in [0.2, 0.25) is 0 Å². The van der Waals surface area contributed by atoms with Crippen molar-refractivity contribution in [3.05, 3.63) is 12.2 Å². The lowest BCUT2D eigenvalue weighted by molar-refractivity contribution is -0.140. The molecule has 0 aromatic rings. The van der Waals surface area contributed by atoms with Crippen LogP contribution in [-0.4, -0.2) is 74.4 Å². The molecule has 2 aliphatic heterocycles. The molecule has 2 heterocycles. The average Bonchev–Trinajstić information content (AvgIpc) is 3.35. The van der Waals surface area contributed by atoms with Crippen LogP contribution in [-0.2, 0) is 9.59 Å². The minimum absolute atomic E-state index is 0. The number of piperidine rings is 1. The third-order valence-electron chi connectivity index (χ3n) is 6.81. The first-order valence-corrected chi connectivity index (χ1v) is 10.2. The number of amides is 2. The van der Waals surface area contributed by atoms with E-state index in [0.717, 1.165) is 32.0 Å². The van der Waals surface area contributed by atoms with E-state index in [0.29, 0.717) is 19.0 Å². The van der Waals surface area contributed by atoms with Crippen LogP contribution in [0, 0.1) is 29.6 Å². The second kappa shape index (κ2) is 9.11. The highest BCUT2D eigenvalue weighted by molar-refractivity contribution is 14.0. The smallest absolute Gasteiger partial charge is 0.233 e. The van der Waals surface area contributed by atoms with Gasteiger partial charge >= 0.3 is 0 Å². The number of halogens is 1. The number of nitrogens with one attached hydrogen (secondary N) is 2. The molecule has 2 amide bonds. The van der Waals surface area contributed by atoms with Gasteiger partial charge in [0.05, 0.1) is 11.8 Å². The van der Waals surface area contributed by atoms with Gasteiger partial charge in [-0.1, -0.05) is 12.2 Å². The largest absolute Gasteiger partial charge is 0.356 e. The van der Waals surface area contributed by atoms with Crippen LogP contribution in [0.4, 0.5) is 0 Å². The summed E-state index contributed by atoms with van der Waals surface area (Å²) in [6.07, 6.45) is 7.65. The number of fused-ring (bicyclic) bond motifs is 5. The van der Waals surface area contributed by atoms with Crippen molar-refractivity contribution in [1.82, 2.24) is 20.4 Å². The van der Waals surface area contributed by atoms with E-state index in [-0.39, 0.29) is 59.5 Å². The molecule has 4 atom stereocenters. The van der Waals surface area contributed by atoms with E-state index < -0.39 is 0 Å². The van der Waals surface area contributed by atoms with Crippen molar-refractivity contribution >= 4 is 41.8 Å². The highest BCUT2D eigenvalue weighted by Gasteiger charge is 2.58. The lowest BCUT2D eigenvalue weighted by atomic mass is 9.85. The maximum absolute atomic E-state index is 12.7. The Labute approximate surface area is 184 Å². The Morgan fingerprint density at radius 3 is 2.29 bits per heavy atom. The van der Waals surface area contributed by atoms with Crippen LogP contribution in [0.25, 0.3) is 0 Å². The summed E-state index contributed by atoms with van der Waals surface area (Å²) < 4.78 is 0. The molecule has 4 aliphatic rings. The standard InChI is InChI=1S/C20H31N5O2.HI/c1-21-20(23-12-13-5-8-24(2)9-6-13)22-7-10-25-18(26)16-14-3-4-15(11-14)17(16)19(25)27;/h3-4,13-17H,5-12H2,1-2H3,(H2,21,22,23);1H. The zero-order chi connectivity index (χ0) is 19.0. The minimum atomic E-state index is -0.102. The second-order valence-corrected chi connectivity index (χ2v) is 8.45. The third kappa shape index (κ3) is 4.08. The van der Waals surface area contributed by atoms with E-state index in [9.17, 15) is 9.59 Å². The van der Waals surface area contributed by atoms with Crippen LogP contribution >= 0.6 is 24.0 Å². The summed E-state index contributed by atoms with van der Waals surface area (Å²) in [6, 6.07) is 0. The van der Waals surface area contributed by atoms with Gasteiger partial charge in [0.15, 0.2) is 5.96 Å². The molecule has 1 saturated carbocycles. The maximum atomic E-state index is 12.7. The van der Waals surface area contributed by atoms with Gasteiger partial charge in [0.2, 0.25) is 11.8 Å². The van der Waals surface area contributed by atoms with Crippen molar-refractivity contribution in [2.75, 3.05) is 46.8 Å². The first kappa shape index (κ1) is 21.5. The topological polar surface area (TPSA) is 77.0 Å². The molecule has 28 heavy (non-hydrogen) atoms. The summed E-state index contributed by atoms with van der Waals surface area (Å²) in [5, 5.41) is 6.64. The zero-order valence-corrected chi connectivity index (χ0v) is 19.1. The van der Waals surface area contributed by atoms with E-state index in [2.05, 4.69) is 39.7 Å². The summed E-state index contributed by atoms with van der Waals surface area (Å²) in [5.74, 6) is 1.81. The monoisotopic (exact) mass is 501 g/mol. The van der Waals surface area contributed by atoms with E-state index in [1.807, 2.05) is 0 Å². The molecule has 4 rings (SSSR count). The van der Waals surface area contributed by atoms with Gasteiger partial charge in [0.1, 0.15) is 0 Å². The van der Waals surface area contributed by atoms with Gasteiger partial charge in [-0.15, -0.1) is 24.0 Å². The lowest BCUT2D eigenvalue weighted by Crippen LogP contribution is -2.45. The normalized spacial score (nSPS) is 32.6. The number of hydrogen-bond donors (Lipinski definition) is 2. The summed E-state index contributed by atoms with van der Waals surface area (Å²) in [5.41, 5.74) is 0. The lowest BCUT2D eigenvalue weighted by Gasteiger charge is -2.29. The predicted octanol–water partition coefficient (Wildman–Crippen LogP) is 0.918. The SMILES string of the molecule is CN=C(NCCN1C(=O)C2C3C=CC(C3)C2C1=O)NCC1CCN(C)CC1.I. The molecule has 7 nitrogen and oxygen atoms in total. The van der Waals surface area contributed by atoms with Crippen LogP contribution in [0.3, 0.4) is 0 Å². The molecule has 0 aromatic heterocycles. The fraction of sp³-hybridized carbons (Fsp3) is 0.750. The third-order valence-corrected chi connectivity index (χ3v) is 6.81. The first-order chi connectivity index (χ1) is 13.1. The summed E-state index contributed by atoms with van der Waals surface area (Å²) in [6.45, 7) is 4.16. The van der Waals surface area contributed by atoms with Gasteiger partial charge in [0, 0.05) is 26.7 Å². The Balaban J connectivity index is 0.00000225. The molecule has 0 spiro atoms. The van der Waals surface area contributed by atoms with Crippen molar-refractivity contribution in [2.45, 2.75) is 19.3 Å². The number of guanidine groups is 1. The number of aliphatic imine (C=N–C) groups is 1. The molecule has 0 radical (unpaired) electrons. The summed E-state index contributed by atoms with van der Waals surface area (Å²) in [4.78, 5) is 33.5. The van der Waals surface area contributed by atoms with Crippen molar-refractivity contribution < 1.29 is 9.59 Å². The van der Waals surface area contributed by atoms with Crippen molar-refractivity contribution in [3.63, 3.8) is 0 Å². The summed E-state index contributed by atoms with van der Waals surface area (Å²) >= 11 is 0. The number of carbonyl (C=O) groups excluding carboxylic acids is 2. The Bertz CT molecular complexity index is 629. The van der Waals surface area contributed by atoms with Crippen LogP contribution in [0.1, 0.15) is 19.3 Å². The maximum Gasteiger partial charge on any atom is 0.233 e. The van der Waals surface area contributed by atoms with Gasteiger partial charge in [-0.3, -0.25) is 19.5 Å². The second-order valence-electron chi connectivity index (χ2n) is 8.45. The fourth-order valence-electron chi connectivity index (χ4n) is 5.20. The molecule has 2 saturated heterocycles. The number of imide groups is 1. The highest BCUT2D eigenvalue weighted by Crippen LogP contribution is 2.52. The fourth-order valence-corrected chi connectivity index (χ4v) is 5.20. The Kier molecular flexibility index (Phi) is 7.01. The summed E-state index contributed by atoms with van der Waals surface area (Å²) in [7, 11) is 3.92. The van der Waals surface area contributed by atoms with Gasteiger partial charge in [-0.05, 0) is 57.2 Å².